The Hall–Kier alpha value is -3.21. The van der Waals surface area contributed by atoms with Crippen molar-refractivity contribution < 1.29 is 23.5 Å². The molecule has 0 spiro atoms. The zero-order valence-corrected chi connectivity index (χ0v) is 24.2. The number of rotatable bonds is 9. The summed E-state index contributed by atoms with van der Waals surface area (Å²) in [6, 6.07) is 20.3. The molecule has 8 nitrogen and oxygen atoms in total. The summed E-state index contributed by atoms with van der Waals surface area (Å²) < 4.78 is 22.2. The van der Waals surface area contributed by atoms with E-state index >= 15 is 0 Å². The molecule has 1 N–H and O–H groups in total. The Labute approximate surface area is 242 Å². The largest absolute Gasteiger partial charge is 0.438 e. The smallest absolute Gasteiger partial charge is 0.229 e. The fourth-order valence-corrected chi connectivity index (χ4v) is 3.33. The number of pyridine rings is 1. The molecule has 1 aliphatic rings. The number of aromatic nitrogens is 1. The molecule has 3 aromatic rings. The predicted molar refractivity (Wildman–Crippen MR) is 158 cm³/mol. The van der Waals surface area contributed by atoms with E-state index in [0.29, 0.717) is 48.2 Å². The quantitative estimate of drug-likeness (QED) is 0.366. The highest BCUT2D eigenvalue weighted by Gasteiger charge is 2.12. The summed E-state index contributed by atoms with van der Waals surface area (Å²) in [5, 5.41) is 3.28. The Kier molecular flexibility index (Phi) is 19.7. The number of nitrogens with one attached hydrogen (secondary N) is 1. The van der Waals surface area contributed by atoms with Gasteiger partial charge in [-0.15, -0.1) is 0 Å². The maximum Gasteiger partial charge on any atom is 0.229 e. The number of aldehydes is 2. The lowest BCUT2D eigenvalue weighted by molar-refractivity contribution is -0.107. The Morgan fingerprint density at radius 1 is 1.00 bits per heavy atom. The van der Waals surface area contributed by atoms with Crippen LogP contribution in [0.25, 0.3) is 0 Å². The van der Waals surface area contributed by atoms with E-state index in [1.54, 1.807) is 56.8 Å². The molecule has 0 aliphatic carbocycles. The van der Waals surface area contributed by atoms with E-state index in [-0.39, 0.29) is 6.67 Å². The Morgan fingerprint density at radius 2 is 1.68 bits per heavy atom. The van der Waals surface area contributed by atoms with Crippen molar-refractivity contribution in [3.05, 3.63) is 89.1 Å². The Bertz CT molecular complexity index is 1050. The first kappa shape index (κ1) is 34.8. The van der Waals surface area contributed by atoms with Gasteiger partial charge < -0.3 is 24.5 Å². The number of halogens is 2. The van der Waals surface area contributed by atoms with Gasteiger partial charge in [-0.25, -0.2) is 9.37 Å². The van der Waals surface area contributed by atoms with Crippen LogP contribution in [0.3, 0.4) is 0 Å². The molecule has 10 heteroatoms. The van der Waals surface area contributed by atoms with Crippen LogP contribution in [0.15, 0.2) is 72.9 Å². The molecule has 0 unspecified atom stereocenters. The van der Waals surface area contributed by atoms with Crippen molar-refractivity contribution in [2.24, 2.45) is 0 Å². The summed E-state index contributed by atoms with van der Waals surface area (Å²) in [4.78, 5) is 28.5. The predicted octanol–water partition coefficient (Wildman–Crippen LogP) is 4.78. The number of carbonyl (C=O) groups is 2. The minimum absolute atomic E-state index is 0.205. The van der Waals surface area contributed by atoms with Gasteiger partial charge >= 0.3 is 0 Å². The van der Waals surface area contributed by atoms with Crippen LogP contribution in [0.2, 0.25) is 5.02 Å². The third-order valence-electron chi connectivity index (χ3n) is 5.39. The van der Waals surface area contributed by atoms with Gasteiger partial charge in [0.05, 0.1) is 18.7 Å². The van der Waals surface area contributed by atoms with E-state index in [4.69, 9.17) is 21.1 Å². The second kappa shape index (κ2) is 22.6. The standard InChI is InChI=1S/C12H8ClNO2.C8H10O.C7H15FN2.C3H7NO/c13-10-3-5-11(6-4-10)16-12-9(8-15)2-1-7-14-12;1-9-7-8-5-3-2-4-6-8;1-9-4-6-10(3-2-8)7-5-9;1-4-2-3-5/h1-8H;2-6H,7H2,1H3;2-7H2,1H3;3-4H,2H2,1H3. The molecule has 218 valence electrons. The molecule has 1 fully saturated rings. The van der Waals surface area contributed by atoms with Gasteiger partial charge in [0.2, 0.25) is 5.88 Å². The van der Waals surface area contributed by atoms with Crippen LogP contribution in [-0.4, -0.2) is 94.5 Å². The molecule has 4 rings (SSSR count). The van der Waals surface area contributed by atoms with Gasteiger partial charge in [-0.1, -0.05) is 41.9 Å². The zero-order chi connectivity index (χ0) is 29.4. The molecule has 40 heavy (non-hydrogen) atoms. The molecule has 2 aromatic carbocycles. The van der Waals surface area contributed by atoms with Crippen LogP contribution in [0.4, 0.5) is 4.39 Å². The Balaban J connectivity index is 0.000000289. The van der Waals surface area contributed by atoms with Gasteiger partial charge in [0, 0.05) is 51.1 Å². The number of carbonyl (C=O) groups excluding carboxylic acids is 2. The average Bonchev–Trinajstić information content (AvgIpc) is 2.98. The number of benzene rings is 2. The van der Waals surface area contributed by atoms with Crippen LogP contribution >= 0.6 is 11.6 Å². The van der Waals surface area contributed by atoms with Crippen LogP contribution in [0.1, 0.15) is 15.9 Å². The maximum atomic E-state index is 11.8. The third-order valence-corrected chi connectivity index (χ3v) is 5.65. The topological polar surface area (TPSA) is 84.0 Å². The summed E-state index contributed by atoms with van der Waals surface area (Å²) in [6.07, 6.45) is 3.09. The van der Waals surface area contributed by atoms with Crippen molar-refractivity contribution in [2.45, 2.75) is 6.61 Å². The molecular formula is C30H40ClFN4O4. The highest BCUT2D eigenvalue weighted by molar-refractivity contribution is 6.30. The van der Waals surface area contributed by atoms with Crippen LogP contribution in [-0.2, 0) is 16.1 Å². The second-order valence-electron chi connectivity index (χ2n) is 8.55. The van der Waals surface area contributed by atoms with E-state index in [2.05, 4.69) is 27.1 Å². The molecule has 0 radical (unpaired) electrons. The third kappa shape index (κ3) is 16.0. The lowest BCUT2D eigenvalue weighted by Gasteiger charge is -2.31. The lowest BCUT2D eigenvalue weighted by Crippen LogP contribution is -2.45. The molecule has 0 saturated carbocycles. The number of methoxy groups -OCH3 is 1. The van der Waals surface area contributed by atoms with Gasteiger partial charge in [-0.3, -0.25) is 9.69 Å². The number of hydrogen-bond acceptors (Lipinski definition) is 8. The second-order valence-corrected chi connectivity index (χ2v) is 8.98. The fraction of sp³-hybridized carbons (Fsp3) is 0.367. The van der Waals surface area contributed by atoms with Crippen LogP contribution < -0.4 is 10.1 Å². The van der Waals surface area contributed by atoms with Gasteiger partial charge in [0.25, 0.3) is 0 Å². The van der Waals surface area contributed by atoms with E-state index in [0.717, 1.165) is 32.5 Å². The van der Waals surface area contributed by atoms with Crippen molar-refractivity contribution in [3.63, 3.8) is 0 Å². The highest BCUT2D eigenvalue weighted by Crippen LogP contribution is 2.23. The van der Waals surface area contributed by atoms with Crippen molar-refractivity contribution >= 4 is 24.2 Å². The summed E-state index contributed by atoms with van der Waals surface area (Å²) in [6.45, 7) is 5.80. The minimum Gasteiger partial charge on any atom is -0.438 e. The highest BCUT2D eigenvalue weighted by atomic mass is 35.5. The number of nitrogens with zero attached hydrogens (tertiary/aromatic N) is 3. The van der Waals surface area contributed by atoms with Crippen molar-refractivity contribution in [3.8, 4) is 11.6 Å². The molecule has 1 aliphatic heterocycles. The van der Waals surface area contributed by atoms with Crippen LogP contribution in [0, 0.1) is 0 Å². The first-order valence-corrected chi connectivity index (χ1v) is 13.3. The SMILES string of the molecule is CN1CCN(CCF)CC1.CNCC=O.COCc1ccccc1.O=Cc1cccnc1Oc1ccc(Cl)cc1. The van der Waals surface area contributed by atoms with Gasteiger partial charge in [-0.2, -0.15) is 0 Å². The lowest BCUT2D eigenvalue weighted by atomic mass is 10.2. The number of piperazine rings is 1. The minimum atomic E-state index is -0.205. The molecule has 0 atom stereocenters. The molecule has 2 heterocycles. The van der Waals surface area contributed by atoms with Gasteiger partial charge in [0.15, 0.2) is 6.29 Å². The molecule has 1 aromatic heterocycles. The van der Waals surface area contributed by atoms with Crippen molar-refractivity contribution in [1.82, 2.24) is 20.1 Å². The van der Waals surface area contributed by atoms with E-state index in [1.165, 1.54) is 5.56 Å². The number of alkyl halides is 1. The van der Waals surface area contributed by atoms with E-state index in [9.17, 15) is 14.0 Å². The van der Waals surface area contributed by atoms with E-state index in [1.807, 2.05) is 30.3 Å². The number of hydrogen-bond donors (Lipinski definition) is 1. The molecule has 1 saturated heterocycles. The normalized spacial score (nSPS) is 12.8. The van der Waals surface area contributed by atoms with Gasteiger partial charge in [-0.05, 0) is 56.1 Å². The first-order chi connectivity index (χ1) is 19.5. The molecule has 0 bridgehead atoms. The number of ether oxygens (including phenoxy) is 2. The van der Waals surface area contributed by atoms with Crippen molar-refractivity contribution in [2.75, 3.05) is 67.1 Å². The number of likely N-dealkylation sites (N-methyl/N-ethyl adjacent to an activating group) is 2. The van der Waals surface area contributed by atoms with Crippen molar-refractivity contribution in [1.29, 1.82) is 0 Å². The summed E-state index contributed by atoms with van der Waals surface area (Å²) in [5.74, 6) is 0.881. The van der Waals surface area contributed by atoms with Gasteiger partial charge in [0.1, 0.15) is 18.7 Å². The monoisotopic (exact) mass is 574 g/mol. The molecular weight excluding hydrogens is 535 g/mol. The van der Waals surface area contributed by atoms with Crippen LogP contribution in [0.5, 0.6) is 11.6 Å². The van der Waals surface area contributed by atoms with E-state index < -0.39 is 0 Å². The average molecular weight is 575 g/mol. The maximum absolute atomic E-state index is 11.8. The first-order valence-electron chi connectivity index (χ1n) is 12.9. The molecule has 0 amide bonds. The summed E-state index contributed by atoms with van der Waals surface area (Å²) in [7, 11) is 5.54. The zero-order valence-electron chi connectivity index (χ0n) is 23.5. The fourth-order valence-electron chi connectivity index (χ4n) is 3.21. The summed E-state index contributed by atoms with van der Waals surface area (Å²) >= 11 is 5.75. The Morgan fingerprint density at radius 3 is 2.20 bits per heavy atom. The summed E-state index contributed by atoms with van der Waals surface area (Å²) in [5.41, 5.74) is 1.64.